The molecule has 0 atom stereocenters. The minimum atomic E-state index is -4.00. The van der Waals surface area contributed by atoms with E-state index in [0.717, 1.165) is 9.99 Å². The Hall–Kier alpha value is -2.08. The summed E-state index contributed by atoms with van der Waals surface area (Å²) in [6, 6.07) is 4.91. The van der Waals surface area contributed by atoms with Crippen LogP contribution >= 0.6 is 22.6 Å². The van der Waals surface area contributed by atoms with Crippen molar-refractivity contribution < 1.29 is 18.3 Å². The van der Waals surface area contributed by atoms with Crippen LogP contribution in [0.4, 0.5) is 5.69 Å². The van der Waals surface area contributed by atoms with Gasteiger partial charge >= 0.3 is 0 Å². The maximum atomic E-state index is 13.3. The van der Waals surface area contributed by atoms with Gasteiger partial charge in [-0.15, -0.1) is 4.40 Å². The lowest BCUT2D eigenvalue weighted by Gasteiger charge is -2.40. The van der Waals surface area contributed by atoms with Crippen LogP contribution in [-0.2, 0) is 14.8 Å². The second-order valence-corrected chi connectivity index (χ2v) is 10.3. The number of nitrogens with zero attached hydrogens (tertiary/aromatic N) is 3. The molecule has 0 saturated carbocycles. The highest BCUT2D eigenvalue weighted by Gasteiger charge is 2.41. The molecule has 0 fully saturated rings. The van der Waals surface area contributed by atoms with E-state index in [1.165, 1.54) is 6.07 Å². The molecular formula is C19H21IN4O4S. The maximum absolute atomic E-state index is 13.3. The van der Waals surface area contributed by atoms with Crippen LogP contribution in [0.1, 0.15) is 26.7 Å². The molecule has 0 bridgehead atoms. The van der Waals surface area contributed by atoms with Gasteiger partial charge in [0.15, 0.2) is 11.6 Å². The molecule has 1 aromatic carbocycles. The molecular weight excluding hydrogens is 507 g/mol. The summed E-state index contributed by atoms with van der Waals surface area (Å²) in [5, 5.41) is 17.1. The van der Waals surface area contributed by atoms with E-state index in [0.29, 0.717) is 36.8 Å². The monoisotopic (exact) mass is 528 g/mol. The van der Waals surface area contributed by atoms with Crippen molar-refractivity contribution >= 4 is 50.0 Å². The molecule has 29 heavy (non-hydrogen) atoms. The number of sulfonamides is 1. The Morgan fingerprint density at radius 2 is 2.10 bits per heavy atom. The highest BCUT2D eigenvalue weighted by Crippen LogP contribution is 2.35. The molecule has 3 aliphatic heterocycles. The zero-order valence-corrected chi connectivity index (χ0v) is 19.0. The number of carbonyl (C=O) groups excluding carboxylic acids is 1. The predicted molar refractivity (Wildman–Crippen MR) is 118 cm³/mol. The van der Waals surface area contributed by atoms with Crippen LogP contribution in [0, 0.1) is 9.49 Å². The van der Waals surface area contributed by atoms with Crippen LogP contribution in [-0.4, -0.2) is 48.4 Å². The van der Waals surface area contributed by atoms with Gasteiger partial charge in [-0.2, -0.15) is 8.42 Å². The smallest absolute Gasteiger partial charge is 0.286 e. The second kappa shape index (κ2) is 7.31. The van der Waals surface area contributed by atoms with Crippen molar-refractivity contribution in [2.45, 2.75) is 31.6 Å². The summed E-state index contributed by atoms with van der Waals surface area (Å²) >= 11 is 2.03. The summed E-state index contributed by atoms with van der Waals surface area (Å²) in [7, 11) is -4.00. The van der Waals surface area contributed by atoms with Crippen molar-refractivity contribution in [1.82, 2.24) is 10.0 Å². The Morgan fingerprint density at radius 1 is 1.34 bits per heavy atom. The summed E-state index contributed by atoms with van der Waals surface area (Å²) in [4.78, 5) is 13.3. The topological polar surface area (TPSA) is 102 Å². The molecule has 1 amide bonds. The second-order valence-electron chi connectivity index (χ2n) is 7.52. The van der Waals surface area contributed by atoms with Gasteiger partial charge in [-0.05, 0) is 59.5 Å². The SMILES string of the molecule is CC(C)CCN1C(=O)C(C2=NS(=O)(=O)c3cc(I)ccc3N2)=C(O)C2=CCCN21. The van der Waals surface area contributed by atoms with Crippen LogP contribution in [0.25, 0.3) is 0 Å². The standard InChI is InChI=1S/C19H21IN4O4S/c1-11(2)7-9-24-19(26)16(17(25)14-4-3-8-23(14)24)18-21-13-6-5-12(20)10-15(13)29(27,28)22-18/h4-6,10-11,25H,3,7-9H2,1-2H3,(H,21,22). The van der Waals surface area contributed by atoms with Gasteiger partial charge in [0.05, 0.1) is 11.4 Å². The van der Waals surface area contributed by atoms with Crippen LogP contribution in [0.2, 0.25) is 0 Å². The van der Waals surface area contributed by atoms with Gasteiger partial charge in [-0.25, -0.2) is 5.01 Å². The van der Waals surface area contributed by atoms with Gasteiger partial charge in [0.2, 0.25) is 0 Å². The van der Waals surface area contributed by atoms with Crippen molar-refractivity contribution in [1.29, 1.82) is 0 Å². The first-order valence-corrected chi connectivity index (χ1v) is 11.9. The van der Waals surface area contributed by atoms with E-state index >= 15 is 0 Å². The zero-order chi connectivity index (χ0) is 20.9. The molecule has 154 valence electrons. The summed E-state index contributed by atoms with van der Waals surface area (Å²) in [6.45, 7) is 5.21. The summed E-state index contributed by atoms with van der Waals surface area (Å²) in [6.07, 6.45) is 3.32. The summed E-state index contributed by atoms with van der Waals surface area (Å²) < 4.78 is 30.0. The van der Waals surface area contributed by atoms with E-state index in [1.807, 2.05) is 28.7 Å². The molecule has 0 saturated heterocycles. The fourth-order valence-electron chi connectivity index (χ4n) is 3.54. The van der Waals surface area contributed by atoms with Crippen LogP contribution in [0.5, 0.6) is 0 Å². The Kier molecular flexibility index (Phi) is 5.09. The van der Waals surface area contributed by atoms with Gasteiger partial charge < -0.3 is 10.4 Å². The molecule has 0 unspecified atom stereocenters. The van der Waals surface area contributed by atoms with Crippen molar-refractivity contribution in [3.63, 3.8) is 0 Å². The van der Waals surface area contributed by atoms with E-state index in [1.54, 1.807) is 22.2 Å². The average Bonchev–Trinajstić information content (AvgIpc) is 3.11. The number of aliphatic hydroxyl groups excluding tert-OH is 1. The van der Waals surface area contributed by atoms with Crippen molar-refractivity contribution in [3.8, 4) is 0 Å². The molecule has 3 heterocycles. The van der Waals surface area contributed by atoms with Crippen LogP contribution in [0.3, 0.4) is 0 Å². The number of amidine groups is 1. The molecule has 2 N–H and O–H groups in total. The maximum Gasteiger partial charge on any atom is 0.286 e. The Bertz CT molecular complexity index is 1090. The van der Waals surface area contributed by atoms with Crippen LogP contribution < -0.4 is 5.32 Å². The molecule has 0 spiro atoms. The molecule has 10 heteroatoms. The lowest BCUT2D eigenvalue weighted by molar-refractivity contribution is -0.142. The molecule has 0 radical (unpaired) electrons. The summed E-state index contributed by atoms with van der Waals surface area (Å²) in [5.41, 5.74) is 0.727. The number of rotatable bonds is 4. The normalized spacial score (nSPS) is 20.3. The van der Waals surface area contributed by atoms with E-state index in [9.17, 15) is 18.3 Å². The lowest BCUT2D eigenvalue weighted by Crippen LogP contribution is -2.51. The number of hydrazine groups is 1. The number of aliphatic hydroxyl groups is 1. The number of nitrogens with one attached hydrogen (secondary N) is 1. The Labute approximate surface area is 183 Å². The van der Waals surface area contributed by atoms with Gasteiger partial charge in [-0.3, -0.25) is 9.80 Å². The number of hydrogen-bond donors (Lipinski definition) is 2. The third kappa shape index (κ3) is 3.52. The van der Waals surface area contributed by atoms with Gasteiger partial charge in [0, 0.05) is 16.7 Å². The highest BCUT2D eigenvalue weighted by molar-refractivity contribution is 14.1. The molecule has 0 aromatic heterocycles. The first-order valence-electron chi connectivity index (χ1n) is 9.34. The first-order chi connectivity index (χ1) is 13.7. The van der Waals surface area contributed by atoms with Crippen LogP contribution in [0.15, 0.2) is 50.6 Å². The molecule has 4 rings (SSSR count). The number of halogens is 1. The number of carbonyl (C=O) groups is 1. The van der Waals surface area contributed by atoms with Crippen molar-refractivity contribution in [3.05, 3.63) is 44.9 Å². The van der Waals surface area contributed by atoms with Gasteiger partial charge in [-0.1, -0.05) is 19.9 Å². The third-order valence-corrected chi connectivity index (χ3v) is 7.00. The van der Waals surface area contributed by atoms with Gasteiger partial charge in [0.1, 0.15) is 10.5 Å². The average molecular weight is 528 g/mol. The molecule has 8 nitrogen and oxygen atoms in total. The number of fused-ring (bicyclic) bond motifs is 2. The van der Waals surface area contributed by atoms with Gasteiger partial charge in [0.25, 0.3) is 15.9 Å². The van der Waals surface area contributed by atoms with E-state index in [4.69, 9.17) is 0 Å². The minimum absolute atomic E-state index is 0.0508. The molecule has 3 aliphatic rings. The number of hydrogen-bond acceptors (Lipinski definition) is 6. The lowest BCUT2D eigenvalue weighted by atomic mass is 10.1. The summed E-state index contributed by atoms with van der Waals surface area (Å²) in [5.74, 6) is -0.467. The quantitative estimate of drug-likeness (QED) is 0.583. The first kappa shape index (κ1) is 20.2. The molecule has 0 aliphatic carbocycles. The minimum Gasteiger partial charge on any atom is -0.505 e. The zero-order valence-electron chi connectivity index (χ0n) is 16.0. The fourth-order valence-corrected chi connectivity index (χ4v) is 5.40. The highest BCUT2D eigenvalue weighted by atomic mass is 127. The predicted octanol–water partition coefficient (Wildman–Crippen LogP) is 3.01. The third-order valence-electron chi connectivity index (χ3n) is 5.02. The van der Waals surface area contributed by atoms with Crippen molar-refractivity contribution in [2.75, 3.05) is 18.4 Å². The Morgan fingerprint density at radius 3 is 2.83 bits per heavy atom. The molecule has 1 aromatic rings. The van der Waals surface area contributed by atoms with Crippen molar-refractivity contribution in [2.24, 2.45) is 10.3 Å². The number of anilines is 1. The van der Waals surface area contributed by atoms with E-state index in [-0.39, 0.29) is 22.1 Å². The van der Waals surface area contributed by atoms with E-state index < -0.39 is 15.9 Å². The Balaban J connectivity index is 1.79. The largest absolute Gasteiger partial charge is 0.505 e. The number of benzene rings is 1. The van der Waals surface area contributed by atoms with E-state index in [2.05, 4.69) is 23.6 Å². The fraction of sp³-hybridized carbons (Fsp3) is 0.368. The number of amides is 1.